The number of ether oxygens (including phenoxy) is 1. The van der Waals surface area contributed by atoms with Crippen molar-refractivity contribution in [1.29, 1.82) is 0 Å². The topological polar surface area (TPSA) is 63.4 Å². The molecule has 2 rings (SSSR count). The molecule has 0 spiro atoms. The lowest BCUT2D eigenvalue weighted by Gasteiger charge is -2.27. The first-order valence-corrected chi connectivity index (χ1v) is 5.08. The maximum absolute atomic E-state index is 5.70. The average Bonchev–Trinajstić information content (AvgIpc) is 2.25. The highest BCUT2D eigenvalue weighted by Gasteiger charge is 2.10. The zero-order valence-electron chi connectivity index (χ0n) is 8.86. The molecule has 0 unspecified atom stereocenters. The Hall–Kier alpha value is -1.33. The van der Waals surface area contributed by atoms with Crippen LogP contribution in [0.15, 0.2) is 12.1 Å². The summed E-state index contributed by atoms with van der Waals surface area (Å²) < 4.78 is 5.26. The quantitative estimate of drug-likeness (QED) is 0.746. The van der Waals surface area contributed by atoms with E-state index in [0.717, 1.165) is 43.5 Å². The number of nitrogen functional groups attached to an aromatic ring is 1. The van der Waals surface area contributed by atoms with Crippen LogP contribution in [0.2, 0.25) is 0 Å². The van der Waals surface area contributed by atoms with Crippen molar-refractivity contribution in [2.24, 2.45) is 0 Å². The van der Waals surface area contributed by atoms with Crippen LogP contribution in [0, 0.1) is 6.92 Å². The van der Waals surface area contributed by atoms with Crippen molar-refractivity contribution < 1.29 is 4.74 Å². The number of nitrogens with zero attached hydrogens (tertiary/aromatic N) is 2. The number of hydrogen-bond acceptors (Lipinski definition) is 5. The third kappa shape index (κ3) is 2.57. The molecular formula is C10H16N4O. The lowest BCUT2D eigenvalue weighted by Crippen LogP contribution is -2.40. The van der Waals surface area contributed by atoms with Crippen LogP contribution >= 0.6 is 0 Å². The maximum atomic E-state index is 5.70. The number of nitrogens with two attached hydrogens (primary N) is 1. The smallest absolute Gasteiger partial charge is 0.140 e. The number of morpholine rings is 1. The fourth-order valence-electron chi connectivity index (χ4n) is 1.47. The highest BCUT2D eigenvalue weighted by molar-refractivity contribution is 5.48. The van der Waals surface area contributed by atoms with Crippen molar-refractivity contribution in [3.8, 4) is 0 Å². The molecule has 1 saturated heterocycles. The van der Waals surface area contributed by atoms with Crippen molar-refractivity contribution in [2.75, 3.05) is 37.5 Å². The van der Waals surface area contributed by atoms with E-state index < -0.39 is 0 Å². The molecule has 0 radical (unpaired) electrons. The second-order valence-electron chi connectivity index (χ2n) is 3.58. The zero-order valence-corrected chi connectivity index (χ0v) is 8.86. The van der Waals surface area contributed by atoms with E-state index in [2.05, 4.69) is 15.4 Å². The van der Waals surface area contributed by atoms with Gasteiger partial charge in [-0.05, 0) is 19.1 Å². The number of pyridine rings is 1. The van der Waals surface area contributed by atoms with Gasteiger partial charge in [0.05, 0.1) is 24.6 Å². The predicted octanol–water partition coefficient (Wildman–Crippen LogP) is 0.631. The van der Waals surface area contributed by atoms with Crippen molar-refractivity contribution in [3.05, 3.63) is 17.8 Å². The summed E-state index contributed by atoms with van der Waals surface area (Å²) in [6, 6.07) is 3.75. The number of rotatable bonds is 2. The molecule has 1 aromatic heterocycles. The molecule has 2 heterocycles. The van der Waals surface area contributed by atoms with Gasteiger partial charge in [-0.1, -0.05) is 0 Å². The summed E-state index contributed by atoms with van der Waals surface area (Å²) in [5.74, 6) is 0.837. The summed E-state index contributed by atoms with van der Waals surface area (Å²) in [7, 11) is 0. The number of anilines is 2. The van der Waals surface area contributed by atoms with E-state index in [4.69, 9.17) is 10.5 Å². The minimum atomic E-state index is 0.725. The van der Waals surface area contributed by atoms with Crippen LogP contribution in [0.5, 0.6) is 0 Å². The second-order valence-corrected chi connectivity index (χ2v) is 3.58. The van der Waals surface area contributed by atoms with Gasteiger partial charge in [0.1, 0.15) is 5.82 Å². The summed E-state index contributed by atoms with van der Waals surface area (Å²) in [5, 5.41) is 2.10. The first kappa shape index (κ1) is 10.2. The average molecular weight is 208 g/mol. The molecule has 82 valence electrons. The van der Waals surface area contributed by atoms with Gasteiger partial charge in [-0.3, -0.25) is 0 Å². The summed E-state index contributed by atoms with van der Waals surface area (Å²) in [5.41, 5.74) is 10.5. The Morgan fingerprint density at radius 2 is 2.13 bits per heavy atom. The third-order valence-electron chi connectivity index (χ3n) is 2.41. The van der Waals surface area contributed by atoms with Gasteiger partial charge in [0, 0.05) is 13.1 Å². The molecule has 1 aliphatic rings. The first-order valence-electron chi connectivity index (χ1n) is 5.08. The second kappa shape index (κ2) is 4.46. The molecule has 1 aromatic rings. The summed E-state index contributed by atoms with van der Waals surface area (Å²) in [6.45, 7) is 5.19. The molecule has 1 aliphatic heterocycles. The lowest BCUT2D eigenvalue weighted by molar-refractivity contribution is 0.0495. The number of hydrazine groups is 1. The first-order chi connectivity index (χ1) is 7.25. The Labute approximate surface area is 89.2 Å². The Morgan fingerprint density at radius 3 is 2.80 bits per heavy atom. The fraction of sp³-hybridized carbons (Fsp3) is 0.500. The minimum Gasteiger partial charge on any atom is -0.397 e. The largest absolute Gasteiger partial charge is 0.397 e. The predicted molar refractivity (Wildman–Crippen MR) is 59.4 cm³/mol. The van der Waals surface area contributed by atoms with Gasteiger partial charge in [-0.2, -0.15) is 0 Å². The molecule has 3 N–H and O–H groups in total. The van der Waals surface area contributed by atoms with Gasteiger partial charge < -0.3 is 15.9 Å². The molecule has 5 nitrogen and oxygen atoms in total. The van der Waals surface area contributed by atoms with Crippen molar-refractivity contribution in [2.45, 2.75) is 6.92 Å². The van der Waals surface area contributed by atoms with Crippen LogP contribution in [0.1, 0.15) is 5.69 Å². The monoisotopic (exact) mass is 208 g/mol. The molecule has 0 bridgehead atoms. The number of hydrogen-bond donors (Lipinski definition) is 2. The molecule has 0 amide bonds. The molecular weight excluding hydrogens is 192 g/mol. The number of aromatic nitrogens is 1. The van der Waals surface area contributed by atoms with Crippen LogP contribution < -0.4 is 11.2 Å². The van der Waals surface area contributed by atoms with Crippen LogP contribution in [0.4, 0.5) is 11.5 Å². The highest BCUT2D eigenvalue weighted by Crippen LogP contribution is 2.12. The van der Waals surface area contributed by atoms with Gasteiger partial charge in [0.25, 0.3) is 0 Å². The van der Waals surface area contributed by atoms with E-state index in [1.807, 2.05) is 19.1 Å². The fourth-order valence-corrected chi connectivity index (χ4v) is 1.47. The van der Waals surface area contributed by atoms with Crippen molar-refractivity contribution >= 4 is 11.5 Å². The number of nitrogens with one attached hydrogen (secondary N) is 1. The summed E-state index contributed by atoms with van der Waals surface area (Å²) >= 11 is 0. The lowest BCUT2D eigenvalue weighted by atomic mass is 10.3. The van der Waals surface area contributed by atoms with E-state index in [1.165, 1.54) is 0 Å². The van der Waals surface area contributed by atoms with E-state index >= 15 is 0 Å². The van der Waals surface area contributed by atoms with Gasteiger partial charge >= 0.3 is 0 Å². The maximum Gasteiger partial charge on any atom is 0.140 e. The van der Waals surface area contributed by atoms with Crippen LogP contribution in [0.25, 0.3) is 0 Å². The summed E-state index contributed by atoms with van der Waals surface area (Å²) in [6.07, 6.45) is 0. The SMILES string of the molecule is Cc1nc(NN2CCOCC2)ccc1N. The van der Waals surface area contributed by atoms with Gasteiger partial charge in [0.15, 0.2) is 0 Å². The third-order valence-corrected chi connectivity index (χ3v) is 2.41. The Kier molecular flexibility index (Phi) is 3.03. The van der Waals surface area contributed by atoms with Gasteiger partial charge in [-0.15, -0.1) is 0 Å². The van der Waals surface area contributed by atoms with Crippen molar-refractivity contribution in [1.82, 2.24) is 9.99 Å². The Bertz CT molecular complexity index is 336. The Balaban J connectivity index is 2.00. The summed E-state index contributed by atoms with van der Waals surface area (Å²) in [4.78, 5) is 4.35. The minimum absolute atomic E-state index is 0.725. The van der Waals surface area contributed by atoms with Gasteiger partial charge in [-0.25, -0.2) is 9.99 Å². The molecule has 0 saturated carbocycles. The normalized spacial score (nSPS) is 17.7. The van der Waals surface area contributed by atoms with Crippen LogP contribution in [0.3, 0.4) is 0 Å². The molecule has 0 atom stereocenters. The van der Waals surface area contributed by atoms with Crippen molar-refractivity contribution in [3.63, 3.8) is 0 Å². The van der Waals surface area contributed by atoms with Crippen LogP contribution in [-0.2, 0) is 4.74 Å². The van der Waals surface area contributed by atoms with Gasteiger partial charge in [0.2, 0.25) is 0 Å². The standard InChI is InChI=1S/C10H16N4O/c1-8-9(11)2-3-10(12-8)13-14-4-6-15-7-5-14/h2-3H,4-7,11H2,1H3,(H,12,13). The molecule has 5 heteroatoms. The number of aryl methyl sites for hydroxylation is 1. The zero-order chi connectivity index (χ0) is 10.7. The van der Waals surface area contributed by atoms with E-state index in [9.17, 15) is 0 Å². The highest BCUT2D eigenvalue weighted by atomic mass is 16.5. The molecule has 15 heavy (non-hydrogen) atoms. The van der Waals surface area contributed by atoms with Crippen LogP contribution in [-0.4, -0.2) is 36.3 Å². The van der Waals surface area contributed by atoms with E-state index in [1.54, 1.807) is 0 Å². The van der Waals surface area contributed by atoms with E-state index in [0.29, 0.717) is 0 Å². The molecule has 0 aliphatic carbocycles. The van der Waals surface area contributed by atoms with E-state index in [-0.39, 0.29) is 0 Å². The Morgan fingerprint density at radius 1 is 1.40 bits per heavy atom. The molecule has 1 fully saturated rings. The molecule has 0 aromatic carbocycles.